The van der Waals surface area contributed by atoms with Crippen LogP contribution in [0.25, 0.3) is 0 Å². The number of amides is 1. The first-order valence-electron chi connectivity index (χ1n) is 23.5. The predicted molar refractivity (Wildman–Crippen MR) is 250 cm³/mol. The summed E-state index contributed by atoms with van der Waals surface area (Å²) in [5, 5.41) is 10.8. The van der Waals surface area contributed by atoms with Gasteiger partial charge in [0.25, 0.3) is 0 Å². The van der Waals surface area contributed by atoms with Crippen LogP contribution in [0.2, 0.25) is 0 Å². The van der Waals surface area contributed by atoms with Gasteiger partial charge in [0.05, 0.1) is 44.6 Å². The largest absolute Gasteiger partial charge is 0.497 e. The molecule has 4 aromatic rings. The van der Waals surface area contributed by atoms with E-state index in [0.717, 1.165) is 60.3 Å². The minimum atomic E-state index is -1.03. The number of hydrogen-bond acceptors (Lipinski definition) is 10. The van der Waals surface area contributed by atoms with Gasteiger partial charge in [-0.15, -0.1) is 0 Å². The minimum Gasteiger partial charge on any atom is -0.497 e. The molecule has 2 heterocycles. The molecule has 0 radical (unpaired) electrons. The predicted octanol–water partition coefficient (Wildman–Crippen LogP) is 9.56. The summed E-state index contributed by atoms with van der Waals surface area (Å²) in [4.78, 5) is 40.8. The number of nitrogens with zero attached hydrogens (tertiary/aromatic N) is 1. The number of ketones is 1. The molecule has 2 saturated heterocycles. The summed E-state index contributed by atoms with van der Waals surface area (Å²) >= 11 is 0. The highest BCUT2D eigenvalue weighted by Crippen LogP contribution is 2.42. The molecule has 11 nitrogen and oxygen atoms in total. The van der Waals surface area contributed by atoms with Crippen molar-refractivity contribution in [3.05, 3.63) is 131 Å². The minimum absolute atomic E-state index is 0.00616. The number of methoxy groups -OCH3 is 2. The van der Waals surface area contributed by atoms with Gasteiger partial charge in [0, 0.05) is 38.3 Å². The van der Waals surface area contributed by atoms with Crippen LogP contribution in [0.15, 0.2) is 109 Å². The lowest BCUT2D eigenvalue weighted by atomic mass is 9.79. The van der Waals surface area contributed by atoms with Crippen LogP contribution in [0.5, 0.6) is 11.5 Å². The number of β-amino-alcohol motifs (C(OH)–C–C–N with tert-alkyl or cyclic N) is 1. The van der Waals surface area contributed by atoms with Crippen LogP contribution in [0.3, 0.4) is 0 Å². The highest BCUT2D eigenvalue weighted by molar-refractivity contribution is 5.89. The summed E-state index contributed by atoms with van der Waals surface area (Å²) in [5.41, 5.74) is 2.22. The number of carbonyl (C=O) groups is 3. The van der Waals surface area contributed by atoms with Gasteiger partial charge in [-0.3, -0.25) is 9.59 Å². The van der Waals surface area contributed by atoms with E-state index in [4.69, 9.17) is 28.4 Å². The second kappa shape index (κ2) is 24.5. The van der Waals surface area contributed by atoms with E-state index >= 15 is 0 Å². The third-order valence-corrected chi connectivity index (χ3v) is 13.5. The zero-order chi connectivity index (χ0) is 46.2. The lowest BCUT2D eigenvalue weighted by Crippen LogP contribution is -2.48. The van der Waals surface area contributed by atoms with Crippen molar-refractivity contribution in [2.75, 3.05) is 40.6 Å². The number of likely N-dealkylation sites (tertiary alicyclic amines) is 1. The molecule has 1 amide bonds. The van der Waals surface area contributed by atoms with Crippen molar-refractivity contribution in [2.45, 2.75) is 115 Å². The van der Waals surface area contributed by atoms with E-state index in [-0.39, 0.29) is 61.4 Å². The number of Topliss-reactive ketones (excluding diaryl/α,β-unsaturated/α-hetero) is 1. The van der Waals surface area contributed by atoms with Gasteiger partial charge in [-0.2, -0.15) is 0 Å². The Morgan fingerprint density at radius 2 is 1.22 bits per heavy atom. The van der Waals surface area contributed by atoms with Crippen LogP contribution < -0.4 is 9.47 Å². The van der Waals surface area contributed by atoms with Crippen molar-refractivity contribution in [1.82, 2.24) is 4.90 Å². The van der Waals surface area contributed by atoms with Crippen LogP contribution >= 0.6 is 0 Å². The first kappa shape index (κ1) is 49.4. The number of aliphatic hydroxyl groups is 1. The van der Waals surface area contributed by atoms with Gasteiger partial charge in [-0.25, -0.2) is 4.79 Å². The summed E-state index contributed by atoms with van der Waals surface area (Å²) in [5.74, 6) is 2.06. The quantitative estimate of drug-likeness (QED) is 0.0413. The molecule has 2 aliphatic rings. The normalized spacial score (nSPS) is 22.1. The molecule has 2 unspecified atom stereocenters. The summed E-state index contributed by atoms with van der Waals surface area (Å²) in [7, 11) is 3.28. The van der Waals surface area contributed by atoms with Gasteiger partial charge in [0.1, 0.15) is 29.5 Å². The van der Waals surface area contributed by atoms with Crippen LogP contribution in [0.1, 0.15) is 112 Å². The van der Waals surface area contributed by atoms with E-state index in [1.54, 1.807) is 31.3 Å². The van der Waals surface area contributed by atoms with Gasteiger partial charge in [0.15, 0.2) is 6.29 Å². The molecule has 11 heteroatoms. The van der Waals surface area contributed by atoms with Gasteiger partial charge in [0.2, 0.25) is 5.91 Å². The first-order valence-corrected chi connectivity index (χ1v) is 23.5. The second-order valence-corrected chi connectivity index (χ2v) is 17.8. The molecule has 0 spiro atoms. The standard InChI is InChI=1S/C54H69NO10/c1-38-39(2)50(37-63-52(59)41-18-10-8-11-19-41)65-53(40(38)3)62-33-17-16-23-46(56)22-14-6-7-15-24-51(58)55-35-47(57)34-45(55)36-64-54(42-20-12-9-13-21-42,43-25-29-48(60-4)30-26-43)44-27-31-49(61-5)32-28-44/h8-13,18-21,25-32,38-40,45,47,50,53,57H,6-7,14-17,22-24,33-37H2,1-5H3/t38-,39-,40?,45-,47+,50?,53-/m0/s1. The van der Waals surface area contributed by atoms with Crippen LogP contribution in [0, 0.1) is 17.8 Å². The SMILES string of the molecule is COc1ccc(C(OC[C@@H]2C[C@@H](O)CN2C(=O)CCCCCCC(=O)CCCCO[C@H]2OC(COC(=O)c3ccccc3)[C@@H](C)[C@H](C)C2C)(c2ccccc2)c2ccc(OC)cc2)cc1. The third-order valence-electron chi connectivity index (χ3n) is 13.5. The molecule has 7 atom stereocenters. The summed E-state index contributed by atoms with van der Waals surface area (Å²) < 4.78 is 36.1. The molecule has 65 heavy (non-hydrogen) atoms. The molecule has 0 aromatic heterocycles. The Morgan fingerprint density at radius 1 is 0.662 bits per heavy atom. The Bertz CT molecular complexity index is 2010. The van der Waals surface area contributed by atoms with Crippen LogP contribution in [0.4, 0.5) is 0 Å². The number of ether oxygens (including phenoxy) is 6. The van der Waals surface area contributed by atoms with Gasteiger partial charge >= 0.3 is 5.97 Å². The molecule has 1 N–H and O–H groups in total. The lowest BCUT2D eigenvalue weighted by molar-refractivity contribution is -0.254. The molecule has 4 aromatic carbocycles. The number of unbranched alkanes of at least 4 members (excludes halogenated alkanes) is 4. The van der Waals surface area contributed by atoms with Crippen molar-refractivity contribution < 1.29 is 47.9 Å². The Balaban J connectivity index is 0.917. The summed E-state index contributed by atoms with van der Waals surface area (Å²) in [6.07, 6.45) is 5.28. The van der Waals surface area contributed by atoms with Crippen molar-refractivity contribution in [2.24, 2.45) is 17.8 Å². The van der Waals surface area contributed by atoms with Crippen molar-refractivity contribution >= 4 is 17.7 Å². The number of benzene rings is 4. The van der Waals surface area contributed by atoms with E-state index in [0.29, 0.717) is 50.2 Å². The smallest absolute Gasteiger partial charge is 0.338 e. The molecular formula is C54H69NO10. The number of esters is 1. The average Bonchev–Trinajstić information content (AvgIpc) is 3.73. The van der Waals surface area contributed by atoms with Crippen LogP contribution in [-0.2, 0) is 34.1 Å². The molecule has 6 rings (SSSR count). The topological polar surface area (TPSA) is 130 Å². The van der Waals surface area contributed by atoms with Gasteiger partial charge in [-0.05, 0) is 97.0 Å². The van der Waals surface area contributed by atoms with E-state index in [1.165, 1.54) is 0 Å². The Morgan fingerprint density at radius 3 is 1.82 bits per heavy atom. The third kappa shape index (κ3) is 13.1. The molecule has 0 bridgehead atoms. The second-order valence-electron chi connectivity index (χ2n) is 17.8. The first-order chi connectivity index (χ1) is 31.5. The summed E-state index contributed by atoms with van der Waals surface area (Å²) in [6, 6.07) is 34.4. The number of rotatable bonds is 24. The highest BCUT2D eigenvalue weighted by atomic mass is 16.7. The van der Waals surface area contributed by atoms with Crippen molar-refractivity contribution in [3.8, 4) is 11.5 Å². The number of hydrogen-bond donors (Lipinski definition) is 1. The average molecular weight is 892 g/mol. The lowest BCUT2D eigenvalue weighted by Gasteiger charge is -2.43. The van der Waals surface area contributed by atoms with E-state index in [9.17, 15) is 19.5 Å². The zero-order valence-corrected chi connectivity index (χ0v) is 38.9. The maximum atomic E-state index is 13.7. The van der Waals surface area contributed by atoms with Crippen molar-refractivity contribution in [3.63, 3.8) is 0 Å². The Hall–Kier alpha value is -5.07. The number of carbonyl (C=O) groups excluding carboxylic acids is 3. The van der Waals surface area contributed by atoms with E-state index in [2.05, 4.69) is 20.8 Å². The van der Waals surface area contributed by atoms with E-state index in [1.807, 2.05) is 97.1 Å². The maximum Gasteiger partial charge on any atom is 0.338 e. The van der Waals surface area contributed by atoms with Gasteiger partial charge < -0.3 is 38.4 Å². The molecule has 0 saturated carbocycles. The van der Waals surface area contributed by atoms with E-state index < -0.39 is 18.0 Å². The molecular weight excluding hydrogens is 823 g/mol. The molecule has 350 valence electrons. The maximum absolute atomic E-state index is 13.7. The zero-order valence-electron chi connectivity index (χ0n) is 38.9. The Labute approximate surface area is 385 Å². The molecule has 0 aliphatic carbocycles. The molecule has 2 aliphatic heterocycles. The fourth-order valence-electron chi connectivity index (χ4n) is 9.18. The van der Waals surface area contributed by atoms with Gasteiger partial charge in [-0.1, -0.05) is 106 Å². The molecule has 2 fully saturated rings. The number of aliphatic hydroxyl groups excluding tert-OH is 1. The fraction of sp³-hybridized carbons (Fsp3) is 0.500. The summed E-state index contributed by atoms with van der Waals surface area (Å²) in [6.45, 7) is 7.60. The highest BCUT2D eigenvalue weighted by Gasteiger charge is 2.42. The van der Waals surface area contributed by atoms with Crippen LogP contribution in [-0.4, -0.2) is 92.8 Å². The monoisotopic (exact) mass is 891 g/mol. The fourth-order valence-corrected chi connectivity index (χ4v) is 9.18. The van der Waals surface area contributed by atoms with Crippen molar-refractivity contribution in [1.29, 1.82) is 0 Å². The Kier molecular flexibility index (Phi) is 18.6.